The molecule has 10 heteroatoms. The molecule has 7 nitrogen and oxygen atoms in total. The van der Waals surface area contributed by atoms with Gasteiger partial charge >= 0.3 is 0 Å². The molecule has 0 radical (unpaired) electrons. The molecule has 0 unspecified atom stereocenters. The Hall–Kier alpha value is -2.17. The number of aromatic nitrogens is 3. The number of benzene rings is 1. The van der Waals surface area contributed by atoms with E-state index in [-0.39, 0.29) is 17.4 Å². The van der Waals surface area contributed by atoms with E-state index in [4.69, 9.17) is 0 Å². The van der Waals surface area contributed by atoms with Gasteiger partial charge in [-0.1, -0.05) is 23.1 Å². The van der Waals surface area contributed by atoms with Gasteiger partial charge < -0.3 is 10.2 Å². The zero-order valence-electron chi connectivity index (χ0n) is 15.8. The molecule has 1 aromatic carbocycles. The van der Waals surface area contributed by atoms with Gasteiger partial charge in [0.05, 0.1) is 5.75 Å². The molecule has 1 N–H and O–H groups in total. The van der Waals surface area contributed by atoms with Crippen LogP contribution in [0.4, 0.5) is 10.8 Å². The van der Waals surface area contributed by atoms with E-state index < -0.39 is 0 Å². The summed E-state index contributed by atoms with van der Waals surface area (Å²) in [5.74, 6) is 2.32. The highest BCUT2D eigenvalue weighted by Gasteiger charge is 2.18. The van der Waals surface area contributed by atoms with Gasteiger partial charge in [-0.2, -0.15) is 16.7 Å². The maximum absolute atomic E-state index is 12.3. The molecule has 1 amide bonds. The Kier molecular flexibility index (Phi) is 6.31. The molecule has 1 aliphatic heterocycles. The molecule has 1 fully saturated rings. The summed E-state index contributed by atoms with van der Waals surface area (Å²) < 4.78 is 0.921. The fraction of sp³-hybridized carbons (Fsp3) is 0.316. The van der Waals surface area contributed by atoms with Gasteiger partial charge in [-0.15, -0.1) is 0 Å². The maximum atomic E-state index is 12.3. The monoisotopic (exact) mass is 445 g/mol. The second-order valence-corrected chi connectivity index (χ2v) is 9.56. The molecule has 1 saturated heterocycles. The number of nitrogens with zero attached hydrogens (tertiary/aromatic N) is 4. The fourth-order valence-corrected chi connectivity index (χ4v) is 5.68. The molecule has 0 atom stereocenters. The Morgan fingerprint density at radius 2 is 1.93 bits per heavy atom. The number of amides is 1. The summed E-state index contributed by atoms with van der Waals surface area (Å²) in [4.78, 5) is 39.3. The van der Waals surface area contributed by atoms with E-state index in [0.29, 0.717) is 16.9 Å². The van der Waals surface area contributed by atoms with E-state index in [9.17, 15) is 9.59 Å². The van der Waals surface area contributed by atoms with Crippen LogP contribution in [-0.4, -0.2) is 57.0 Å². The average molecular weight is 446 g/mol. The molecular formula is C19H19N5O2S3. The van der Waals surface area contributed by atoms with Crippen molar-refractivity contribution in [1.82, 2.24) is 15.0 Å². The summed E-state index contributed by atoms with van der Waals surface area (Å²) in [7, 11) is 0. The van der Waals surface area contributed by atoms with Crippen LogP contribution in [0.15, 0.2) is 35.6 Å². The van der Waals surface area contributed by atoms with Crippen molar-refractivity contribution in [3.05, 3.63) is 36.2 Å². The van der Waals surface area contributed by atoms with Gasteiger partial charge in [0.1, 0.15) is 16.1 Å². The first-order valence-corrected chi connectivity index (χ1v) is 12.0. The molecule has 0 aliphatic carbocycles. The maximum Gasteiger partial charge on any atom is 0.234 e. The van der Waals surface area contributed by atoms with Crippen molar-refractivity contribution in [2.45, 2.75) is 11.9 Å². The second kappa shape index (κ2) is 9.10. The number of hydrogen-bond acceptors (Lipinski definition) is 9. The zero-order chi connectivity index (χ0) is 20.2. The summed E-state index contributed by atoms with van der Waals surface area (Å²) in [6.45, 7) is 3.50. The van der Waals surface area contributed by atoms with E-state index in [2.05, 4.69) is 25.2 Å². The first-order valence-electron chi connectivity index (χ1n) is 9.08. The van der Waals surface area contributed by atoms with Crippen molar-refractivity contribution in [3.8, 4) is 0 Å². The summed E-state index contributed by atoms with van der Waals surface area (Å²) >= 11 is 4.92. The van der Waals surface area contributed by atoms with E-state index >= 15 is 0 Å². The number of Topliss-reactive ketones (excluding diaryl/α,β-unsaturated/α-hetero) is 1. The molecule has 29 heavy (non-hydrogen) atoms. The molecular weight excluding hydrogens is 426 g/mol. The summed E-state index contributed by atoms with van der Waals surface area (Å²) in [5.41, 5.74) is 1.96. The van der Waals surface area contributed by atoms with Crippen LogP contribution in [0.5, 0.6) is 0 Å². The van der Waals surface area contributed by atoms with Crippen LogP contribution >= 0.6 is 34.9 Å². The number of anilines is 2. The van der Waals surface area contributed by atoms with Crippen LogP contribution in [0.1, 0.15) is 17.3 Å². The molecule has 1 aliphatic rings. The lowest BCUT2D eigenvalue weighted by atomic mass is 10.1. The number of rotatable bonds is 6. The van der Waals surface area contributed by atoms with E-state index in [1.807, 2.05) is 11.8 Å². The van der Waals surface area contributed by atoms with E-state index in [0.717, 1.165) is 39.5 Å². The quantitative estimate of drug-likeness (QED) is 0.350. The lowest BCUT2D eigenvalue weighted by Crippen LogP contribution is -2.32. The van der Waals surface area contributed by atoms with Crippen molar-refractivity contribution < 1.29 is 9.59 Å². The van der Waals surface area contributed by atoms with Gasteiger partial charge in [-0.3, -0.25) is 9.59 Å². The third-order valence-corrected chi connectivity index (χ3v) is 7.52. The molecule has 0 spiro atoms. The molecule has 150 valence electrons. The van der Waals surface area contributed by atoms with Crippen LogP contribution in [0.3, 0.4) is 0 Å². The fourth-order valence-electron chi connectivity index (χ4n) is 2.83. The smallest absolute Gasteiger partial charge is 0.234 e. The first kappa shape index (κ1) is 20.1. The Bertz CT molecular complexity index is 1030. The Morgan fingerprint density at radius 1 is 1.17 bits per heavy atom. The number of hydrogen-bond donors (Lipinski definition) is 1. The summed E-state index contributed by atoms with van der Waals surface area (Å²) in [5, 5.41) is 4.59. The van der Waals surface area contributed by atoms with Crippen LogP contribution in [-0.2, 0) is 4.79 Å². The SMILES string of the molecule is CC(=O)c1ccc(NC(=O)CSc2ncnc3nc(N4CCSCC4)sc23)cc1. The van der Waals surface area contributed by atoms with Crippen LogP contribution in [0.2, 0.25) is 0 Å². The highest BCUT2D eigenvalue weighted by molar-refractivity contribution is 8.00. The van der Waals surface area contributed by atoms with Crippen molar-refractivity contribution >= 4 is 67.7 Å². The Balaban J connectivity index is 1.41. The molecule has 2 aromatic heterocycles. The van der Waals surface area contributed by atoms with Gasteiger partial charge in [-0.25, -0.2) is 9.97 Å². The zero-order valence-corrected chi connectivity index (χ0v) is 18.2. The van der Waals surface area contributed by atoms with E-state index in [1.54, 1.807) is 35.6 Å². The lowest BCUT2D eigenvalue weighted by Gasteiger charge is -2.25. The minimum absolute atomic E-state index is 0.00144. The number of fused-ring (bicyclic) bond motifs is 1. The van der Waals surface area contributed by atoms with E-state index in [1.165, 1.54) is 25.0 Å². The predicted molar refractivity (Wildman–Crippen MR) is 121 cm³/mol. The standard InChI is InChI=1S/C19H19N5O2S3/c1-12(25)13-2-4-14(5-3-13)22-15(26)10-28-18-16-17(20-11-21-18)23-19(29-16)24-6-8-27-9-7-24/h2-5,11H,6-10H2,1H3,(H,22,26). The highest BCUT2D eigenvalue weighted by Crippen LogP contribution is 2.34. The third kappa shape index (κ3) is 4.88. The largest absolute Gasteiger partial charge is 0.346 e. The topological polar surface area (TPSA) is 88.1 Å². The first-order chi connectivity index (χ1) is 14.1. The minimum Gasteiger partial charge on any atom is -0.346 e. The predicted octanol–water partition coefficient (Wildman–Crippen LogP) is 3.57. The number of nitrogens with one attached hydrogen (secondary N) is 1. The van der Waals surface area contributed by atoms with Crippen LogP contribution < -0.4 is 10.2 Å². The molecule has 3 aromatic rings. The third-order valence-electron chi connectivity index (χ3n) is 4.34. The lowest BCUT2D eigenvalue weighted by molar-refractivity contribution is -0.113. The number of ketones is 1. The van der Waals surface area contributed by atoms with Gasteiger partial charge in [0, 0.05) is 35.8 Å². The number of thioether (sulfide) groups is 2. The van der Waals surface area contributed by atoms with Gasteiger partial charge in [-0.05, 0) is 31.2 Å². The normalized spacial score (nSPS) is 14.2. The van der Waals surface area contributed by atoms with Crippen LogP contribution in [0.25, 0.3) is 10.3 Å². The van der Waals surface area contributed by atoms with Crippen LogP contribution in [0, 0.1) is 0 Å². The van der Waals surface area contributed by atoms with Crippen molar-refractivity contribution in [1.29, 1.82) is 0 Å². The second-order valence-electron chi connectivity index (χ2n) is 6.40. The van der Waals surface area contributed by atoms with Crippen molar-refractivity contribution in [2.75, 3.05) is 40.6 Å². The minimum atomic E-state index is -0.130. The van der Waals surface area contributed by atoms with Gasteiger partial charge in [0.15, 0.2) is 16.6 Å². The number of carbonyl (C=O) groups is 2. The Morgan fingerprint density at radius 3 is 2.66 bits per heavy atom. The summed E-state index contributed by atoms with van der Waals surface area (Å²) in [6, 6.07) is 6.87. The number of carbonyl (C=O) groups excluding carboxylic acids is 2. The molecule has 4 rings (SSSR count). The summed E-state index contributed by atoms with van der Waals surface area (Å²) in [6.07, 6.45) is 1.50. The van der Waals surface area contributed by atoms with Gasteiger partial charge in [0.25, 0.3) is 0 Å². The van der Waals surface area contributed by atoms with Crippen molar-refractivity contribution in [2.24, 2.45) is 0 Å². The molecule has 0 saturated carbocycles. The van der Waals surface area contributed by atoms with Gasteiger partial charge in [0.2, 0.25) is 5.91 Å². The molecule has 0 bridgehead atoms. The van der Waals surface area contributed by atoms with Crippen molar-refractivity contribution in [3.63, 3.8) is 0 Å². The Labute approximate surface area is 180 Å². The average Bonchev–Trinajstić information content (AvgIpc) is 3.18. The number of thiazole rings is 1. The highest BCUT2D eigenvalue weighted by atomic mass is 32.2. The molecule has 3 heterocycles.